The van der Waals surface area contributed by atoms with Crippen molar-refractivity contribution in [3.8, 4) is 28.5 Å². The molecule has 0 aliphatic rings. The predicted molar refractivity (Wildman–Crippen MR) is 243 cm³/mol. The van der Waals surface area contributed by atoms with Gasteiger partial charge in [0.2, 0.25) is 0 Å². The van der Waals surface area contributed by atoms with Crippen molar-refractivity contribution in [2.75, 3.05) is 0 Å². The number of fused-ring (bicyclic) bond motifs is 12. The molecule has 13 rings (SSSR count). The molecule has 0 aliphatic carbocycles. The van der Waals surface area contributed by atoms with Gasteiger partial charge in [0.1, 0.15) is 0 Å². The summed E-state index contributed by atoms with van der Waals surface area (Å²) in [6, 6.07) is 65.6. The Morgan fingerprint density at radius 1 is 0.379 bits per heavy atom. The fraction of sp³-hybridized carbons (Fsp3) is 0. The van der Waals surface area contributed by atoms with Crippen LogP contribution in [0, 0.1) is 0 Å². The maximum atomic E-state index is 5.53. The molecule has 0 bridgehead atoms. The molecule has 5 nitrogen and oxygen atoms in total. The summed E-state index contributed by atoms with van der Waals surface area (Å²) in [5.41, 5.74) is 12.2. The van der Waals surface area contributed by atoms with Gasteiger partial charge in [-0.25, -0.2) is 9.97 Å². The van der Waals surface area contributed by atoms with Crippen LogP contribution in [0.3, 0.4) is 0 Å². The minimum atomic E-state index is 0.699. The number of thiophene rings is 1. The molecule has 0 unspecified atom stereocenters. The smallest absolute Gasteiger partial charge is 0.162 e. The van der Waals surface area contributed by atoms with Crippen molar-refractivity contribution in [1.29, 1.82) is 0 Å². The zero-order valence-electron chi connectivity index (χ0n) is 31.0. The molecule has 5 heterocycles. The van der Waals surface area contributed by atoms with Crippen LogP contribution in [0.2, 0.25) is 0 Å². The van der Waals surface area contributed by atoms with E-state index in [9.17, 15) is 0 Å². The van der Waals surface area contributed by atoms with E-state index in [1.54, 1.807) is 11.3 Å². The third-order valence-corrected chi connectivity index (χ3v) is 13.0. The molecule has 0 spiro atoms. The number of hydrogen-bond donors (Lipinski definition) is 0. The molecule has 8 aromatic carbocycles. The Hall–Kier alpha value is -7.54. The van der Waals surface area contributed by atoms with E-state index in [-0.39, 0.29) is 0 Å². The van der Waals surface area contributed by atoms with Gasteiger partial charge >= 0.3 is 0 Å². The van der Waals surface area contributed by atoms with Gasteiger partial charge in [-0.3, -0.25) is 0 Å². The number of aromatic nitrogens is 5. The van der Waals surface area contributed by atoms with Gasteiger partial charge in [0.05, 0.1) is 49.0 Å². The maximum Gasteiger partial charge on any atom is 0.162 e. The molecule has 0 atom stereocenters. The Morgan fingerprint density at radius 2 is 0.897 bits per heavy atom. The second-order valence-corrected chi connectivity index (χ2v) is 16.1. The number of nitrogens with zero attached hydrogens (tertiary/aromatic N) is 5. The van der Waals surface area contributed by atoms with E-state index in [4.69, 9.17) is 9.97 Å². The van der Waals surface area contributed by atoms with Crippen LogP contribution in [0.1, 0.15) is 0 Å². The van der Waals surface area contributed by atoms with Crippen LogP contribution in [0.4, 0.5) is 0 Å². The Balaban J connectivity index is 1.13. The van der Waals surface area contributed by atoms with Crippen molar-refractivity contribution in [1.82, 2.24) is 23.7 Å². The van der Waals surface area contributed by atoms with Crippen molar-refractivity contribution in [2.45, 2.75) is 0 Å². The molecule has 6 heteroatoms. The first kappa shape index (κ1) is 31.6. The molecule has 0 fully saturated rings. The van der Waals surface area contributed by atoms with Gasteiger partial charge in [0, 0.05) is 65.5 Å². The Bertz CT molecular complexity index is 3700. The largest absolute Gasteiger partial charge is 0.309 e. The van der Waals surface area contributed by atoms with Gasteiger partial charge < -0.3 is 13.7 Å². The number of rotatable bonds is 4. The monoisotopic (exact) mass is 757 g/mol. The summed E-state index contributed by atoms with van der Waals surface area (Å²) in [4.78, 5) is 10.7. The summed E-state index contributed by atoms with van der Waals surface area (Å²) in [5.74, 6) is 0.699. The fourth-order valence-corrected chi connectivity index (χ4v) is 10.5. The lowest BCUT2D eigenvalue weighted by Crippen LogP contribution is -2.01. The molecule has 13 aromatic rings. The van der Waals surface area contributed by atoms with Crippen LogP contribution in [0.15, 0.2) is 188 Å². The molecular formula is C52H31N5S. The van der Waals surface area contributed by atoms with Crippen molar-refractivity contribution >= 4 is 97.1 Å². The maximum absolute atomic E-state index is 5.53. The molecule has 0 radical (unpaired) electrons. The average Bonchev–Trinajstić information content (AvgIpc) is 4.02. The van der Waals surface area contributed by atoms with Crippen LogP contribution in [-0.4, -0.2) is 23.7 Å². The Labute approximate surface area is 335 Å². The van der Waals surface area contributed by atoms with Crippen molar-refractivity contribution < 1.29 is 0 Å². The first-order valence-corrected chi connectivity index (χ1v) is 20.4. The van der Waals surface area contributed by atoms with Crippen molar-refractivity contribution in [2.24, 2.45) is 0 Å². The minimum absolute atomic E-state index is 0.699. The predicted octanol–water partition coefficient (Wildman–Crippen LogP) is 13.8. The van der Waals surface area contributed by atoms with Crippen LogP contribution >= 0.6 is 11.3 Å². The zero-order chi connectivity index (χ0) is 37.9. The molecule has 0 N–H and O–H groups in total. The van der Waals surface area contributed by atoms with Crippen LogP contribution in [0.25, 0.3) is 114 Å². The van der Waals surface area contributed by atoms with E-state index in [1.807, 2.05) is 6.20 Å². The highest BCUT2D eigenvalue weighted by Crippen LogP contribution is 2.45. The number of para-hydroxylation sites is 6. The Kier molecular flexibility index (Phi) is 6.54. The van der Waals surface area contributed by atoms with E-state index >= 15 is 0 Å². The summed E-state index contributed by atoms with van der Waals surface area (Å²) < 4.78 is 9.47. The van der Waals surface area contributed by atoms with E-state index < -0.39 is 0 Å². The molecule has 0 saturated carbocycles. The molecule has 0 amide bonds. The molecule has 0 saturated heterocycles. The minimum Gasteiger partial charge on any atom is -0.309 e. The topological polar surface area (TPSA) is 40.6 Å². The second kappa shape index (κ2) is 12.0. The molecular weight excluding hydrogens is 727 g/mol. The first-order valence-electron chi connectivity index (χ1n) is 19.6. The van der Waals surface area contributed by atoms with E-state index in [2.05, 4.69) is 196 Å². The lowest BCUT2D eigenvalue weighted by atomic mass is 10.0. The highest BCUT2D eigenvalue weighted by atomic mass is 32.1. The third kappa shape index (κ3) is 4.35. The fourth-order valence-electron chi connectivity index (χ4n) is 9.49. The molecule has 0 aliphatic heterocycles. The van der Waals surface area contributed by atoms with Crippen molar-refractivity contribution in [3.63, 3.8) is 0 Å². The van der Waals surface area contributed by atoms with Gasteiger partial charge in [-0.15, -0.1) is 11.3 Å². The summed E-state index contributed by atoms with van der Waals surface area (Å²) in [6.45, 7) is 0. The average molecular weight is 758 g/mol. The first-order chi connectivity index (χ1) is 28.8. The van der Waals surface area contributed by atoms with E-state index in [0.29, 0.717) is 5.82 Å². The second-order valence-electron chi connectivity index (χ2n) is 15.0. The van der Waals surface area contributed by atoms with Gasteiger partial charge in [-0.05, 0) is 72.8 Å². The van der Waals surface area contributed by atoms with Crippen LogP contribution in [0.5, 0.6) is 0 Å². The quantitative estimate of drug-likeness (QED) is 0.179. The molecule has 58 heavy (non-hydrogen) atoms. The van der Waals surface area contributed by atoms with Gasteiger partial charge in [0.15, 0.2) is 5.82 Å². The molecule has 270 valence electrons. The summed E-state index contributed by atoms with van der Waals surface area (Å²) in [5, 5.41) is 8.40. The SMILES string of the molecule is c1ccc(-n2c3ccccc3c3c(-n4c5ccccc5c5ccccc54)c(-c4ncc5sc6ccc(-n7c8ccccc8c8ccccc87)cc6c5n4)ccc32)cc1. The van der Waals surface area contributed by atoms with Crippen LogP contribution < -0.4 is 0 Å². The van der Waals surface area contributed by atoms with E-state index in [1.165, 1.54) is 42.7 Å². The lowest BCUT2D eigenvalue weighted by Gasteiger charge is -2.16. The summed E-state index contributed by atoms with van der Waals surface area (Å²) in [7, 11) is 0. The third-order valence-electron chi connectivity index (χ3n) is 11.9. The highest BCUT2D eigenvalue weighted by molar-refractivity contribution is 7.25. The normalized spacial score (nSPS) is 12.1. The van der Waals surface area contributed by atoms with Gasteiger partial charge in [0.25, 0.3) is 0 Å². The molecule has 5 aromatic heterocycles. The number of benzene rings is 8. The standard InChI is InChI=1S/C52H31N5S/c1-2-14-32(15-3-1)55-45-25-13-8-20-38(45)49-46(55)28-27-39(51(49)57-43-23-11-6-18-36(43)37-19-7-12-24-44(37)57)52-53-31-48-50(54-52)40-30-33(26-29-47(40)58-48)56-41-21-9-4-16-34(41)35-17-5-10-22-42(35)56/h1-31H. The lowest BCUT2D eigenvalue weighted by molar-refractivity contribution is 1.16. The van der Waals surface area contributed by atoms with Crippen LogP contribution in [-0.2, 0) is 0 Å². The van der Waals surface area contributed by atoms with Gasteiger partial charge in [-0.1, -0.05) is 109 Å². The highest BCUT2D eigenvalue weighted by Gasteiger charge is 2.24. The number of hydrogen-bond acceptors (Lipinski definition) is 3. The van der Waals surface area contributed by atoms with E-state index in [0.717, 1.165) is 65.7 Å². The summed E-state index contributed by atoms with van der Waals surface area (Å²) in [6.07, 6.45) is 2.02. The Morgan fingerprint density at radius 3 is 1.52 bits per heavy atom. The summed E-state index contributed by atoms with van der Waals surface area (Å²) >= 11 is 1.75. The zero-order valence-corrected chi connectivity index (χ0v) is 31.9. The van der Waals surface area contributed by atoms with Crippen molar-refractivity contribution in [3.05, 3.63) is 188 Å². The van der Waals surface area contributed by atoms with Gasteiger partial charge in [-0.2, -0.15) is 0 Å².